The van der Waals surface area contributed by atoms with E-state index in [-0.39, 0.29) is 11.8 Å². The number of amides is 1. The molecule has 1 saturated heterocycles. The summed E-state index contributed by atoms with van der Waals surface area (Å²) in [4.78, 5) is 14.1. The molecule has 1 aliphatic rings. The molecule has 0 radical (unpaired) electrons. The number of carbonyl (C=O) groups excluding carboxylic acids is 1. The normalized spacial score (nSPS) is 21.2. The molecule has 3 nitrogen and oxygen atoms in total. The number of likely N-dealkylation sites (tertiary alicyclic amines) is 1. The summed E-state index contributed by atoms with van der Waals surface area (Å²) >= 11 is 0. The van der Waals surface area contributed by atoms with E-state index < -0.39 is 0 Å². The Morgan fingerprint density at radius 3 is 2.83 bits per heavy atom. The van der Waals surface area contributed by atoms with Gasteiger partial charge in [-0.2, -0.15) is 0 Å². The van der Waals surface area contributed by atoms with Crippen molar-refractivity contribution < 1.29 is 4.79 Å². The van der Waals surface area contributed by atoms with Gasteiger partial charge in [-0.05, 0) is 38.3 Å². The van der Waals surface area contributed by atoms with Crippen LogP contribution < -0.4 is 5.32 Å². The number of carbonyl (C=O) groups is 1. The number of nitrogens with zero attached hydrogens (tertiary/aromatic N) is 1. The van der Waals surface area contributed by atoms with Crippen LogP contribution in [0.4, 0.5) is 0 Å². The third kappa shape index (κ3) is 5.85. The van der Waals surface area contributed by atoms with Crippen LogP contribution in [-0.4, -0.2) is 37.0 Å². The van der Waals surface area contributed by atoms with Gasteiger partial charge in [0.15, 0.2) is 0 Å². The zero-order valence-electron chi connectivity index (χ0n) is 12.4. The summed E-state index contributed by atoms with van der Waals surface area (Å²) in [6.45, 7) is 10.7. The van der Waals surface area contributed by atoms with Crippen molar-refractivity contribution in [1.82, 2.24) is 10.2 Å². The molecule has 0 bridgehead atoms. The monoisotopic (exact) mass is 254 g/mol. The van der Waals surface area contributed by atoms with Crippen LogP contribution in [0.2, 0.25) is 0 Å². The van der Waals surface area contributed by atoms with E-state index >= 15 is 0 Å². The minimum absolute atomic E-state index is 0.106. The number of piperidine rings is 1. The van der Waals surface area contributed by atoms with Gasteiger partial charge in [-0.25, -0.2) is 0 Å². The fourth-order valence-electron chi connectivity index (χ4n) is 2.56. The van der Waals surface area contributed by atoms with E-state index in [0.717, 1.165) is 6.54 Å². The molecule has 0 aromatic rings. The van der Waals surface area contributed by atoms with Crippen LogP contribution in [0.3, 0.4) is 0 Å². The Hall–Kier alpha value is -0.570. The van der Waals surface area contributed by atoms with Crippen molar-refractivity contribution >= 4 is 5.91 Å². The SMILES string of the molecule is CCCCCN1CCCC(CNC(=O)C(C)C)C1. The molecular weight excluding hydrogens is 224 g/mol. The highest BCUT2D eigenvalue weighted by Crippen LogP contribution is 2.16. The topological polar surface area (TPSA) is 32.3 Å². The molecule has 1 atom stereocenters. The second kappa shape index (κ2) is 8.52. The van der Waals surface area contributed by atoms with Gasteiger partial charge in [0.05, 0.1) is 0 Å². The van der Waals surface area contributed by atoms with Crippen molar-refractivity contribution in [2.45, 2.75) is 52.9 Å². The maximum absolute atomic E-state index is 11.6. The number of rotatable bonds is 7. The number of unbranched alkanes of at least 4 members (excludes halogenated alkanes) is 2. The minimum Gasteiger partial charge on any atom is -0.356 e. The molecule has 18 heavy (non-hydrogen) atoms. The molecule has 1 unspecified atom stereocenters. The van der Waals surface area contributed by atoms with Gasteiger partial charge in [0.2, 0.25) is 5.91 Å². The number of hydrogen-bond donors (Lipinski definition) is 1. The lowest BCUT2D eigenvalue weighted by Crippen LogP contribution is -2.42. The average molecular weight is 254 g/mol. The molecule has 0 saturated carbocycles. The quantitative estimate of drug-likeness (QED) is 0.708. The second-order valence-electron chi connectivity index (χ2n) is 5.92. The van der Waals surface area contributed by atoms with E-state index in [1.807, 2.05) is 13.8 Å². The summed E-state index contributed by atoms with van der Waals surface area (Å²) in [5, 5.41) is 3.07. The summed E-state index contributed by atoms with van der Waals surface area (Å²) in [7, 11) is 0. The van der Waals surface area contributed by atoms with Gasteiger partial charge >= 0.3 is 0 Å². The first-order chi connectivity index (χ1) is 8.63. The Morgan fingerprint density at radius 2 is 2.17 bits per heavy atom. The molecule has 1 heterocycles. The molecule has 1 fully saturated rings. The Kier molecular flexibility index (Phi) is 7.33. The Bertz CT molecular complexity index is 241. The van der Waals surface area contributed by atoms with E-state index in [9.17, 15) is 4.79 Å². The van der Waals surface area contributed by atoms with E-state index in [4.69, 9.17) is 0 Å². The van der Waals surface area contributed by atoms with Gasteiger partial charge in [0.1, 0.15) is 0 Å². The van der Waals surface area contributed by atoms with E-state index in [1.165, 1.54) is 51.7 Å². The van der Waals surface area contributed by atoms with E-state index in [2.05, 4.69) is 17.1 Å². The molecule has 106 valence electrons. The standard InChI is InChI=1S/C15H30N2O/c1-4-5-6-9-17-10-7-8-14(12-17)11-16-15(18)13(2)3/h13-14H,4-12H2,1-3H3,(H,16,18). The zero-order chi connectivity index (χ0) is 13.4. The van der Waals surface area contributed by atoms with Crippen LogP contribution in [0.1, 0.15) is 52.9 Å². The van der Waals surface area contributed by atoms with Gasteiger partial charge in [0, 0.05) is 19.0 Å². The van der Waals surface area contributed by atoms with Gasteiger partial charge in [-0.1, -0.05) is 33.6 Å². The van der Waals surface area contributed by atoms with Gasteiger partial charge in [0.25, 0.3) is 0 Å². The second-order valence-corrected chi connectivity index (χ2v) is 5.92. The average Bonchev–Trinajstić information content (AvgIpc) is 2.36. The van der Waals surface area contributed by atoms with Gasteiger partial charge in [-0.3, -0.25) is 4.79 Å². The number of hydrogen-bond acceptors (Lipinski definition) is 2. The van der Waals surface area contributed by atoms with Crippen LogP contribution in [0.25, 0.3) is 0 Å². The van der Waals surface area contributed by atoms with Crippen molar-refractivity contribution in [3.05, 3.63) is 0 Å². The van der Waals surface area contributed by atoms with Crippen molar-refractivity contribution in [2.75, 3.05) is 26.2 Å². The molecule has 0 aromatic heterocycles. The molecule has 0 aliphatic carbocycles. The van der Waals surface area contributed by atoms with Crippen molar-refractivity contribution in [3.63, 3.8) is 0 Å². The largest absolute Gasteiger partial charge is 0.356 e. The van der Waals surface area contributed by atoms with Crippen LogP contribution >= 0.6 is 0 Å². The molecule has 0 spiro atoms. The minimum atomic E-state index is 0.106. The van der Waals surface area contributed by atoms with E-state index in [1.54, 1.807) is 0 Å². The van der Waals surface area contributed by atoms with Crippen LogP contribution in [-0.2, 0) is 4.79 Å². The Labute approximate surface area is 112 Å². The predicted octanol–water partition coefficient (Wildman–Crippen LogP) is 2.66. The Morgan fingerprint density at radius 1 is 1.39 bits per heavy atom. The van der Waals surface area contributed by atoms with Crippen LogP contribution in [0.15, 0.2) is 0 Å². The zero-order valence-corrected chi connectivity index (χ0v) is 12.4. The maximum Gasteiger partial charge on any atom is 0.222 e. The highest BCUT2D eigenvalue weighted by atomic mass is 16.1. The van der Waals surface area contributed by atoms with Crippen LogP contribution in [0.5, 0.6) is 0 Å². The Balaban J connectivity index is 2.20. The summed E-state index contributed by atoms with van der Waals surface area (Å²) in [6.07, 6.45) is 6.51. The summed E-state index contributed by atoms with van der Waals surface area (Å²) in [5.41, 5.74) is 0. The van der Waals surface area contributed by atoms with Crippen molar-refractivity contribution in [2.24, 2.45) is 11.8 Å². The summed E-state index contributed by atoms with van der Waals surface area (Å²) in [6, 6.07) is 0. The lowest BCUT2D eigenvalue weighted by Gasteiger charge is -2.33. The van der Waals surface area contributed by atoms with Gasteiger partial charge < -0.3 is 10.2 Å². The van der Waals surface area contributed by atoms with Crippen LogP contribution in [0, 0.1) is 11.8 Å². The molecular formula is C15H30N2O. The highest BCUT2D eigenvalue weighted by Gasteiger charge is 2.20. The first-order valence-electron chi connectivity index (χ1n) is 7.63. The first kappa shape index (κ1) is 15.5. The maximum atomic E-state index is 11.6. The third-order valence-corrected chi connectivity index (χ3v) is 3.77. The smallest absolute Gasteiger partial charge is 0.222 e. The molecule has 1 N–H and O–H groups in total. The van der Waals surface area contributed by atoms with Crippen molar-refractivity contribution in [3.8, 4) is 0 Å². The fraction of sp³-hybridized carbons (Fsp3) is 0.933. The third-order valence-electron chi connectivity index (χ3n) is 3.77. The van der Waals surface area contributed by atoms with Gasteiger partial charge in [-0.15, -0.1) is 0 Å². The van der Waals surface area contributed by atoms with E-state index in [0.29, 0.717) is 5.92 Å². The molecule has 1 rings (SSSR count). The fourth-order valence-corrected chi connectivity index (χ4v) is 2.56. The molecule has 0 aromatic carbocycles. The lowest BCUT2D eigenvalue weighted by atomic mass is 9.97. The summed E-state index contributed by atoms with van der Waals surface area (Å²) < 4.78 is 0. The first-order valence-corrected chi connectivity index (χ1v) is 7.63. The molecule has 1 amide bonds. The predicted molar refractivity (Wildman–Crippen MR) is 76.5 cm³/mol. The molecule has 3 heteroatoms. The highest BCUT2D eigenvalue weighted by molar-refractivity contribution is 5.77. The van der Waals surface area contributed by atoms with Crippen molar-refractivity contribution in [1.29, 1.82) is 0 Å². The number of nitrogens with one attached hydrogen (secondary N) is 1. The lowest BCUT2D eigenvalue weighted by molar-refractivity contribution is -0.124. The molecule has 1 aliphatic heterocycles. The summed E-state index contributed by atoms with van der Waals surface area (Å²) in [5.74, 6) is 0.954.